The lowest BCUT2D eigenvalue weighted by Gasteiger charge is -2.37. The maximum atomic E-state index is 12.7. The minimum atomic E-state index is -1.16. The fourth-order valence-electron chi connectivity index (χ4n) is 4.11. The van der Waals surface area contributed by atoms with Gasteiger partial charge in [0.2, 0.25) is 0 Å². The van der Waals surface area contributed by atoms with Crippen LogP contribution in [0.1, 0.15) is 59.2 Å². The molecular weight excluding hydrogens is 494 g/mol. The monoisotopic (exact) mass is 525 g/mol. The van der Waals surface area contributed by atoms with Gasteiger partial charge in [-0.1, -0.05) is 29.9 Å². The summed E-state index contributed by atoms with van der Waals surface area (Å²) in [5, 5.41) is 13.5. The first-order chi connectivity index (χ1) is 16.6. The summed E-state index contributed by atoms with van der Waals surface area (Å²) in [6.45, 7) is 3.63. The molecule has 0 unspecified atom stereocenters. The molecule has 1 aromatic heterocycles. The third-order valence-electron chi connectivity index (χ3n) is 6.13. The fraction of sp³-hybridized carbons (Fsp3) is 0.609. The van der Waals surface area contributed by atoms with Gasteiger partial charge in [0.15, 0.2) is 10.9 Å². The summed E-state index contributed by atoms with van der Waals surface area (Å²) >= 11 is 7.11. The van der Waals surface area contributed by atoms with Crippen LogP contribution in [0, 0.1) is 0 Å². The fourth-order valence-corrected chi connectivity index (χ4v) is 5.37. The Balaban J connectivity index is 1.66. The number of allylic oxidation sites excluding steroid dienone is 1. The van der Waals surface area contributed by atoms with Crippen molar-refractivity contribution in [3.63, 3.8) is 0 Å². The molecule has 0 aromatic carbocycles. The number of carbonyl (C=O) groups is 3. The number of carbonyl (C=O) groups excluding carboxylic acids is 2. The quantitative estimate of drug-likeness (QED) is 0.334. The first kappa shape index (κ1) is 27.3. The van der Waals surface area contributed by atoms with Gasteiger partial charge in [-0.3, -0.25) is 9.59 Å². The molecule has 0 saturated carbocycles. The molecule has 12 heteroatoms. The summed E-state index contributed by atoms with van der Waals surface area (Å²) in [5.74, 6) is -1.69. The SMILES string of the molecule is CCC1=C(Cl)N=C(C(=O)N[C@@H]2CCN(c3nc(C(=O)CCCN(C)C)c(C(=O)O)s3)C[C@@H]2OC)C1. The van der Waals surface area contributed by atoms with Gasteiger partial charge in [0.05, 0.1) is 12.1 Å². The molecular formula is C23H32ClN5O5S. The van der Waals surface area contributed by atoms with Crippen LogP contribution in [0.5, 0.6) is 0 Å². The maximum Gasteiger partial charge on any atom is 0.348 e. The number of halogens is 1. The van der Waals surface area contributed by atoms with Crippen molar-refractivity contribution in [3.8, 4) is 0 Å². The van der Waals surface area contributed by atoms with E-state index in [-0.39, 0.29) is 40.8 Å². The van der Waals surface area contributed by atoms with Crippen LogP contribution >= 0.6 is 22.9 Å². The molecule has 192 valence electrons. The minimum absolute atomic E-state index is 0.0102. The van der Waals surface area contributed by atoms with Crippen molar-refractivity contribution in [2.45, 2.75) is 51.2 Å². The Morgan fingerprint density at radius 3 is 2.69 bits per heavy atom. The topological polar surface area (TPSA) is 124 Å². The van der Waals surface area contributed by atoms with Crippen molar-refractivity contribution in [2.75, 3.05) is 45.7 Å². The molecule has 1 fully saturated rings. The number of aromatic nitrogens is 1. The molecule has 3 rings (SSSR count). The second kappa shape index (κ2) is 12.1. The Hall–Kier alpha value is -2.34. The molecule has 0 aliphatic carbocycles. The normalized spacial score (nSPS) is 20.4. The van der Waals surface area contributed by atoms with Crippen LogP contribution in [0.25, 0.3) is 0 Å². The van der Waals surface area contributed by atoms with Gasteiger partial charge >= 0.3 is 5.97 Å². The number of anilines is 1. The first-order valence-electron chi connectivity index (χ1n) is 11.6. The number of carboxylic acids is 1. The van der Waals surface area contributed by atoms with Gasteiger partial charge in [0.25, 0.3) is 5.91 Å². The van der Waals surface area contributed by atoms with E-state index in [1.807, 2.05) is 30.8 Å². The van der Waals surface area contributed by atoms with Crippen LogP contribution in [0.4, 0.5) is 5.13 Å². The Bertz CT molecular complexity index is 1040. The molecule has 1 saturated heterocycles. The van der Waals surface area contributed by atoms with E-state index in [9.17, 15) is 19.5 Å². The number of aromatic carboxylic acids is 1. The van der Waals surface area contributed by atoms with E-state index in [2.05, 4.69) is 15.3 Å². The number of Topliss-reactive ketones (excluding diaryl/α,β-unsaturated/α-hetero) is 1. The Morgan fingerprint density at radius 1 is 1.34 bits per heavy atom. The number of hydrogen-bond donors (Lipinski definition) is 2. The number of amides is 1. The zero-order valence-electron chi connectivity index (χ0n) is 20.5. The number of nitrogens with one attached hydrogen (secondary N) is 1. The van der Waals surface area contributed by atoms with Crippen molar-refractivity contribution in [2.24, 2.45) is 4.99 Å². The van der Waals surface area contributed by atoms with Gasteiger partial charge in [0, 0.05) is 33.0 Å². The third kappa shape index (κ3) is 6.66. The lowest BCUT2D eigenvalue weighted by molar-refractivity contribution is -0.116. The summed E-state index contributed by atoms with van der Waals surface area (Å²) in [6, 6.07) is -0.248. The highest BCUT2D eigenvalue weighted by molar-refractivity contribution is 7.17. The van der Waals surface area contributed by atoms with Gasteiger partial charge in [-0.05, 0) is 45.5 Å². The summed E-state index contributed by atoms with van der Waals surface area (Å²) < 4.78 is 5.65. The molecule has 2 aliphatic heterocycles. The molecule has 0 bridgehead atoms. The predicted molar refractivity (Wildman–Crippen MR) is 136 cm³/mol. The third-order valence-corrected chi connectivity index (χ3v) is 7.58. The van der Waals surface area contributed by atoms with Gasteiger partial charge in [-0.2, -0.15) is 0 Å². The van der Waals surface area contributed by atoms with Crippen LogP contribution in [-0.2, 0) is 9.53 Å². The van der Waals surface area contributed by atoms with Gasteiger partial charge < -0.3 is 25.0 Å². The van der Waals surface area contributed by atoms with Gasteiger partial charge in [-0.25, -0.2) is 14.8 Å². The number of aliphatic imine (C=N–C) groups is 1. The van der Waals surface area contributed by atoms with Crippen LogP contribution in [0.3, 0.4) is 0 Å². The summed E-state index contributed by atoms with van der Waals surface area (Å²) in [5.41, 5.74) is 1.35. The Morgan fingerprint density at radius 2 is 2.09 bits per heavy atom. The largest absolute Gasteiger partial charge is 0.477 e. The number of ketones is 1. The average Bonchev–Trinajstić information content (AvgIpc) is 3.43. The zero-order chi connectivity index (χ0) is 25.7. The number of thiazole rings is 1. The number of hydrogen-bond acceptors (Lipinski definition) is 9. The van der Waals surface area contributed by atoms with Crippen LogP contribution in [0.15, 0.2) is 15.7 Å². The van der Waals surface area contributed by atoms with Gasteiger partial charge in [0.1, 0.15) is 21.4 Å². The molecule has 3 heterocycles. The molecule has 2 N–H and O–H groups in total. The maximum absolute atomic E-state index is 12.7. The summed E-state index contributed by atoms with van der Waals surface area (Å²) in [6.07, 6.45) is 2.26. The molecule has 2 aliphatic rings. The second-order valence-electron chi connectivity index (χ2n) is 8.88. The van der Waals surface area contributed by atoms with Crippen molar-refractivity contribution < 1.29 is 24.2 Å². The summed E-state index contributed by atoms with van der Waals surface area (Å²) in [4.78, 5) is 49.7. The van der Waals surface area contributed by atoms with Crippen molar-refractivity contribution in [1.82, 2.24) is 15.2 Å². The highest BCUT2D eigenvalue weighted by Gasteiger charge is 2.34. The minimum Gasteiger partial charge on any atom is -0.477 e. The van der Waals surface area contributed by atoms with E-state index < -0.39 is 5.97 Å². The smallest absolute Gasteiger partial charge is 0.348 e. The predicted octanol–water partition coefficient (Wildman–Crippen LogP) is 2.78. The van der Waals surface area contributed by atoms with E-state index in [4.69, 9.17) is 16.3 Å². The van der Waals surface area contributed by atoms with E-state index in [1.54, 1.807) is 7.11 Å². The number of carboxylic acid groups (broad SMARTS) is 1. The number of methoxy groups -OCH3 is 1. The lowest BCUT2D eigenvalue weighted by atomic mass is 10.0. The van der Waals surface area contributed by atoms with Crippen LogP contribution in [-0.4, -0.2) is 91.3 Å². The van der Waals surface area contributed by atoms with E-state index in [1.165, 1.54) is 0 Å². The van der Waals surface area contributed by atoms with Crippen molar-refractivity contribution in [3.05, 3.63) is 21.3 Å². The highest BCUT2D eigenvalue weighted by Crippen LogP contribution is 2.31. The number of rotatable bonds is 11. The second-order valence-corrected chi connectivity index (χ2v) is 10.2. The standard InChI is InChI=1S/C23H32ClN5O5S/c1-5-13-11-15(25-20(13)24)21(31)26-14-8-10-29(12-17(14)34-4)23-27-18(19(35-23)22(32)33)16(30)7-6-9-28(2)3/h14,17H,5-12H2,1-4H3,(H,26,31)(H,32,33)/t14-,17+/m1/s1. The van der Waals surface area contributed by atoms with E-state index in [0.717, 1.165) is 29.9 Å². The van der Waals surface area contributed by atoms with Crippen LogP contribution < -0.4 is 10.2 Å². The number of ether oxygens (including phenoxy) is 1. The molecule has 10 nitrogen and oxygen atoms in total. The van der Waals surface area contributed by atoms with E-state index >= 15 is 0 Å². The Labute approximate surface area is 214 Å². The average molecular weight is 526 g/mol. The zero-order valence-corrected chi connectivity index (χ0v) is 22.0. The van der Waals surface area contributed by atoms with E-state index in [0.29, 0.717) is 48.4 Å². The first-order valence-corrected chi connectivity index (χ1v) is 12.8. The van der Waals surface area contributed by atoms with Crippen molar-refractivity contribution in [1.29, 1.82) is 0 Å². The number of piperidine rings is 1. The van der Waals surface area contributed by atoms with Crippen molar-refractivity contribution >= 4 is 51.4 Å². The molecule has 0 spiro atoms. The molecule has 2 atom stereocenters. The lowest BCUT2D eigenvalue weighted by Crippen LogP contribution is -2.55. The summed E-state index contributed by atoms with van der Waals surface area (Å²) in [7, 11) is 5.41. The Kier molecular flexibility index (Phi) is 9.40. The van der Waals surface area contributed by atoms with Gasteiger partial charge in [-0.15, -0.1) is 0 Å². The number of nitrogens with zero attached hydrogens (tertiary/aromatic N) is 4. The molecule has 35 heavy (non-hydrogen) atoms. The molecule has 1 aromatic rings. The molecule has 0 radical (unpaired) electrons. The molecule has 1 amide bonds. The van der Waals surface area contributed by atoms with Crippen LogP contribution in [0.2, 0.25) is 0 Å². The highest BCUT2D eigenvalue weighted by atomic mass is 35.5.